The maximum absolute atomic E-state index is 12.5. The zero-order valence-corrected chi connectivity index (χ0v) is 18.7. The van der Waals surface area contributed by atoms with E-state index in [1.165, 1.54) is 0 Å². The number of rotatable bonds is 2. The van der Waals surface area contributed by atoms with Gasteiger partial charge in [0.05, 0.1) is 16.1 Å². The van der Waals surface area contributed by atoms with Gasteiger partial charge in [0.25, 0.3) is 5.91 Å². The predicted molar refractivity (Wildman–Crippen MR) is 115 cm³/mol. The summed E-state index contributed by atoms with van der Waals surface area (Å²) in [7, 11) is 0. The largest absolute Gasteiger partial charge is 0.381 e. The first-order valence-corrected chi connectivity index (χ1v) is 10.6. The molecule has 2 heterocycles. The van der Waals surface area contributed by atoms with Crippen molar-refractivity contribution in [2.45, 2.75) is 25.5 Å². The summed E-state index contributed by atoms with van der Waals surface area (Å²) in [4.78, 5) is 33.3. The molecule has 0 aliphatic carbocycles. The maximum atomic E-state index is 12.5. The van der Waals surface area contributed by atoms with Gasteiger partial charge >= 0.3 is 6.03 Å². The lowest BCUT2D eigenvalue weighted by Crippen LogP contribution is -2.55. The number of halogens is 3. The molecule has 1 aromatic carbocycles. The maximum Gasteiger partial charge on any atom is 0.318 e. The molecule has 0 spiro atoms. The summed E-state index contributed by atoms with van der Waals surface area (Å²) in [5.74, 6) is 5.84. The van der Waals surface area contributed by atoms with Crippen LogP contribution in [0.3, 0.4) is 0 Å². The summed E-state index contributed by atoms with van der Waals surface area (Å²) < 4.78 is 0.629. The Morgan fingerprint density at radius 1 is 1.24 bits per heavy atom. The van der Waals surface area contributed by atoms with Crippen LogP contribution in [-0.2, 0) is 9.63 Å². The van der Waals surface area contributed by atoms with Crippen molar-refractivity contribution < 1.29 is 14.4 Å². The van der Waals surface area contributed by atoms with E-state index in [0.29, 0.717) is 47.3 Å². The van der Waals surface area contributed by atoms with E-state index in [0.717, 1.165) is 5.56 Å². The molecule has 2 atom stereocenters. The second kappa shape index (κ2) is 9.70. The molecule has 1 fully saturated rings. The number of hydrogen-bond acceptors (Lipinski definition) is 4. The average molecular weight is 502 g/mol. The van der Waals surface area contributed by atoms with Crippen molar-refractivity contribution in [3.05, 3.63) is 33.8 Å². The quantitative estimate of drug-likeness (QED) is 0.633. The van der Waals surface area contributed by atoms with Gasteiger partial charge in [0, 0.05) is 38.2 Å². The number of piperazine rings is 1. The highest BCUT2D eigenvalue weighted by atomic mass is 79.9. The van der Waals surface area contributed by atoms with Gasteiger partial charge in [-0.2, -0.15) is 0 Å². The van der Waals surface area contributed by atoms with Crippen molar-refractivity contribution in [3.63, 3.8) is 0 Å². The molecular formula is C19H19BrCl2N4O3. The Bertz CT molecular complexity index is 891. The molecule has 0 bridgehead atoms. The van der Waals surface area contributed by atoms with Gasteiger partial charge in [-0.15, -0.1) is 0 Å². The minimum atomic E-state index is -0.582. The zero-order valence-electron chi connectivity index (χ0n) is 15.6. The van der Waals surface area contributed by atoms with Crippen LogP contribution in [0.4, 0.5) is 4.79 Å². The number of nitrogens with one attached hydrogen (secondary N) is 1. The smallest absolute Gasteiger partial charge is 0.318 e. The van der Waals surface area contributed by atoms with Crippen LogP contribution in [0.1, 0.15) is 18.9 Å². The zero-order chi connectivity index (χ0) is 21.0. The highest BCUT2D eigenvalue weighted by Crippen LogP contribution is 2.22. The van der Waals surface area contributed by atoms with Crippen LogP contribution in [0.2, 0.25) is 10.0 Å². The standard InChI is InChI=1S/C19H19BrCl2N4O3/c1-12(2-3-13-4-5-14(21)15(22)10-13)23-19(28)26-8-6-25(7-9-26)18(27)16-11-17(20)24-29-16/h4-5,10,12,16H,6-9,11H2,1H3,(H,23,28). The Labute approximate surface area is 187 Å². The Morgan fingerprint density at radius 3 is 2.55 bits per heavy atom. The monoisotopic (exact) mass is 500 g/mol. The molecule has 3 rings (SSSR count). The van der Waals surface area contributed by atoms with Gasteiger partial charge in [-0.1, -0.05) is 40.2 Å². The van der Waals surface area contributed by atoms with Crippen molar-refractivity contribution in [2.75, 3.05) is 26.2 Å². The van der Waals surface area contributed by atoms with E-state index in [-0.39, 0.29) is 18.0 Å². The highest BCUT2D eigenvalue weighted by molar-refractivity contribution is 9.18. The summed E-state index contributed by atoms with van der Waals surface area (Å²) in [5.41, 5.74) is 0.720. The minimum absolute atomic E-state index is 0.107. The number of amides is 3. The van der Waals surface area contributed by atoms with Crippen molar-refractivity contribution in [1.82, 2.24) is 15.1 Å². The van der Waals surface area contributed by atoms with E-state index in [1.807, 2.05) is 0 Å². The summed E-state index contributed by atoms with van der Waals surface area (Å²) in [6.07, 6.45) is -0.143. The molecule has 1 saturated heterocycles. The lowest BCUT2D eigenvalue weighted by Gasteiger charge is -2.35. The third kappa shape index (κ3) is 5.78. The topological polar surface area (TPSA) is 74.2 Å². The summed E-state index contributed by atoms with van der Waals surface area (Å²) in [6, 6.07) is 4.57. The molecule has 2 aliphatic heterocycles. The van der Waals surface area contributed by atoms with Crippen LogP contribution in [0, 0.1) is 11.8 Å². The van der Waals surface area contributed by atoms with E-state index in [4.69, 9.17) is 28.0 Å². The van der Waals surface area contributed by atoms with E-state index < -0.39 is 6.10 Å². The third-order valence-electron chi connectivity index (χ3n) is 4.48. The molecule has 1 N–H and O–H groups in total. The van der Waals surface area contributed by atoms with Gasteiger partial charge in [-0.3, -0.25) is 4.79 Å². The lowest BCUT2D eigenvalue weighted by atomic mass is 10.2. The van der Waals surface area contributed by atoms with Crippen molar-refractivity contribution in [3.8, 4) is 11.8 Å². The van der Waals surface area contributed by atoms with Crippen LogP contribution in [0.25, 0.3) is 0 Å². The van der Waals surface area contributed by atoms with Crippen molar-refractivity contribution in [2.24, 2.45) is 5.16 Å². The second-order valence-corrected chi connectivity index (χ2v) is 8.38. The summed E-state index contributed by atoms with van der Waals surface area (Å²) >= 11 is 15.1. The molecule has 154 valence electrons. The predicted octanol–water partition coefficient (Wildman–Crippen LogP) is 3.08. The van der Waals surface area contributed by atoms with Gasteiger partial charge < -0.3 is 20.0 Å². The van der Waals surface area contributed by atoms with Crippen molar-refractivity contribution >= 4 is 55.7 Å². The van der Waals surface area contributed by atoms with E-state index in [2.05, 4.69) is 38.2 Å². The number of nitrogens with zero attached hydrogens (tertiary/aromatic N) is 3. The molecule has 7 nitrogen and oxygen atoms in total. The molecule has 2 unspecified atom stereocenters. The average Bonchev–Trinajstić information content (AvgIpc) is 3.14. The minimum Gasteiger partial charge on any atom is -0.381 e. The van der Waals surface area contributed by atoms with Crippen LogP contribution in [-0.4, -0.2) is 64.7 Å². The molecule has 0 radical (unpaired) electrons. The first kappa shape index (κ1) is 21.8. The fourth-order valence-electron chi connectivity index (χ4n) is 2.89. The Morgan fingerprint density at radius 2 is 1.93 bits per heavy atom. The second-order valence-electron chi connectivity index (χ2n) is 6.65. The highest BCUT2D eigenvalue weighted by Gasteiger charge is 2.33. The van der Waals surface area contributed by atoms with E-state index >= 15 is 0 Å². The molecular weight excluding hydrogens is 483 g/mol. The van der Waals surface area contributed by atoms with E-state index in [1.54, 1.807) is 34.9 Å². The number of urea groups is 1. The van der Waals surface area contributed by atoms with Gasteiger partial charge in [-0.05, 0) is 41.1 Å². The molecule has 2 aliphatic rings. The number of carbonyl (C=O) groups is 2. The molecule has 1 aromatic rings. The normalized spacial score (nSPS) is 19.6. The van der Waals surface area contributed by atoms with Crippen molar-refractivity contribution in [1.29, 1.82) is 0 Å². The first-order valence-electron chi connectivity index (χ1n) is 9.02. The van der Waals surface area contributed by atoms with Crippen LogP contribution in [0.15, 0.2) is 23.4 Å². The van der Waals surface area contributed by atoms with Gasteiger partial charge in [0.1, 0.15) is 4.62 Å². The lowest BCUT2D eigenvalue weighted by molar-refractivity contribution is -0.143. The Balaban J connectivity index is 1.46. The molecule has 10 heteroatoms. The SMILES string of the molecule is CC(C#Cc1ccc(Cl)c(Cl)c1)NC(=O)N1CCN(C(=O)C2CC(Br)=NO2)CC1. The number of hydrogen-bond donors (Lipinski definition) is 1. The van der Waals surface area contributed by atoms with E-state index in [9.17, 15) is 9.59 Å². The first-order chi connectivity index (χ1) is 13.8. The Kier molecular flexibility index (Phi) is 7.28. The molecule has 0 aromatic heterocycles. The fourth-order valence-corrected chi connectivity index (χ4v) is 3.57. The van der Waals surface area contributed by atoms with Crippen LogP contribution in [0.5, 0.6) is 0 Å². The molecule has 29 heavy (non-hydrogen) atoms. The number of benzene rings is 1. The van der Waals surface area contributed by atoms with Gasteiger partial charge in [-0.25, -0.2) is 4.79 Å². The van der Waals surface area contributed by atoms with Crippen LogP contribution < -0.4 is 5.32 Å². The number of oxime groups is 1. The molecule has 0 saturated carbocycles. The summed E-state index contributed by atoms with van der Waals surface area (Å²) in [6.45, 7) is 3.59. The fraction of sp³-hybridized carbons (Fsp3) is 0.421. The molecule has 3 amide bonds. The van der Waals surface area contributed by atoms with Gasteiger partial charge in [0.2, 0.25) is 6.10 Å². The number of carbonyl (C=O) groups excluding carboxylic acids is 2. The Hall–Kier alpha value is -1.95. The van der Waals surface area contributed by atoms with Gasteiger partial charge in [0.15, 0.2) is 0 Å². The third-order valence-corrected chi connectivity index (χ3v) is 5.69. The summed E-state index contributed by atoms with van der Waals surface area (Å²) in [5, 5.41) is 7.50. The van der Waals surface area contributed by atoms with Crippen LogP contribution >= 0.6 is 39.1 Å².